The number of carbonyl (C=O) groups is 3. The number of esters is 1. The number of rotatable bonds is 6. The van der Waals surface area contributed by atoms with Gasteiger partial charge in [-0.05, 0) is 20.8 Å². The predicted octanol–water partition coefficient (Wildman–Crippen LogP) is 1.18. The Morgan fingerprint density at radius 3 is 2.05 bits per heavy atom. The summed E-state index contributed by atoms with van der Waals surface area (Å²) in [6.07, 6.45) is -0.0104. The minimum Gasteiger partial charge on any atom is -0.481 e. The molecule has 0 aliphatic heterocycles. The van der Waals surface area contributed by atoms with Crippen LogP contribution < -0.4 is 0 Å². The van der Waals surface area contributed by atoms with Crippen LogP contribution in [0.4, 0.5) is 4.79 Å². The van der Waals surface area contributed by atoms with Gasteiger partial charge in [-0.3, -0.25) is 9.59 Å². The van der Waals surface area contributed by atoms with Gasteiger partial charge in [-0.25, -0.2) is 4.79 Å². The number of methoxy groups -OCH3 is 1. The number of ether oxygens (including phenoxy) is 1. The van der Waals surface area contributed by atoms with Crippen molar-refractivity contribution in [2.24, 2.45) is 0 Å². The SMILES string of the molecule is COC(=O)CCN(C)C(=O)N(CCC(=O)O)C(C)(C)C. The van der Waals surface area contributed by atoms with Crippen molar-refractivity contribution in [1.82, 2.24) is 9.80 Å². The molecule has 20 heavy (non-hydrogen) atoms. The quantitative estimate of drug-likeness (QED) is 0.741. The Hall–Kier alpha value is -1.79. The third-order valence-electron chi connectivity index (χ3n) is 2.80. The van der Waals surface area contributed by atoms with E-state index in [4.69, 9.17) is 5.11 Å². The van der Waals surface area contributed by atoms with Gasteiger partial charge in [-0.2, -0.15) is 0 Å². The lowest BCUT2D eigenvalue weighted by Gasteiger charge is -2.38. The number of aliphatic carboxylic acids is 1. The first-order valence-electron chi connectivity index (χ1n) is 6.41. The summed E-state index contributed by atoms with van der Waals surface area (Å²) in [6.45, 7) is 5.86. The Bertz CT molecular complexity index is 362. The fraction of sp³-hybridized carbons (Fsp3) is 0.769. The van der Waals surface area contributed by atoms with Crippen LogP contribution in [0.15, 0.2) is 0 Å². The number of hydrogen-bond acceptors (Lipinski definition) is 4. The van der Waals surface area contributed by atoms with Crippen LogP contribution in [0.3, 0.4) is 0 Å². The third kappa shape index (κ3) is 6.40. The maximum atomic E-state index is 12.3. The van der Waals surface area contributed by atoms with Crippen LogP contribution >= 0.6 is 0 Å². The van der Waals surface area contributed by atoms with E-state index >= 15 is 0 Å². The summed E-state index contributed by atoms with van der Waals surface area (Å²) in [4.78, 5) is 36.9. The number of carboxylic acid groups (broad SMARTS) is 1. The van der Waals surface area contributed by atoms with Crippen LogP contribution in [0.2, 0.25) is 0 Å². The third-order valence-corrected chi connectivity index (χ3v) is 2.80. The average molecular weight is 288 g/mol. The van der Waals surface area contributed by atoms with E-state index in [2.05, 4.69) is 4.74 Å². The topological polar surface area (TPSA) is 87.2 Å². The number of nitrogens with zero attached hydrogens (tertiary/aromatic N) is 2. The first kappa shape index (κ1) is 18.2. The molecule has 0 fully saturated rings. The molecule has 116 valence electrons. The molecule has 0 heterocycles. The second-order valence-electron chi connectivity index (χ2n) is 5.50. The minimum atomic E-state index is -0.954. The standard InChI is InChI=1S/C13H24N2O5/c1-13(2,3)15(9-6-10(16)17)12(19)14(4)8-7-11(18)20-5/h6-9H2,1-5H3,(H,16,17). The Kier molecular flexibility index (Phi) is 7.02. The van der Waals surface area contributed by atoms with Crippen molar-refractivity contribution in [3.8, 4) is 0 Å². The van der Waals surface area contributed by atoms with Crippen LogP contribution in [0.25, 0.3) is 0 Å². The highest BCUT2D eigenvalue weighted by atomic mass is 16.5. The van der Waals surface area contributed by atoms with E-state index in [1.54, 1.807) is 7.05 Å². The smallest absolute Gasteiger partial charge is 0.320 e. The largest absolute Gasteiger partial charge is 0.481 e. The van der Waals surface area contributed by atoms with Gasteiger partial charge in [0.2, 0.25) is 0 Å². The summed E-state index contributed by atoms with van der Waals surface area (Å²) in [7, 11) is 2.86. The van der Waals surface area contributed by atoms with E-state index in [-0.39, 0.29) is 32.0 Å². The van der Waals surface area contributed by atoms with Crippen LogP contribution in [-0.4, -0.2) is 65.7 Å². The molecule has 0 aromatic rings. The maximum absolute atomic E-state index is 12.3. The molecule has 0 aromatic carbocycles. The van der Waals surface area contributed by atoms with Gasteiger partial charge in [0.05, 0.1) is 20.0 Å². The fourth-order valence-electron chi connectivity index (χ4n) is 1.59. The molecule has 2 amide bonds. The zero-order valence-electron chi connectivity index (χ0n) is 12.8. The molecule has 0 rings (SSSR count). The summed E-state index contributed by atoms with van der Waals surface area (Å²) in [5.74, 6) is -1.35. The molecule has 0 unspecified atom stereocenters. The Labute approximate surface area is 119 Å². The van der Waals surface area contributed by atoms with Crippen molar-refractivity contribution >= 4 is 18.0 Å². The molecule has 7 heteroatoms. The summed E-state index contributed by atoms with van der Waals surface area (Å²) < 4.78 is 4.52. The average Bonchev–Trinajstić information content (AvgIpc) is 2.33. The number of carbonyl (C=O) groups excluding carboxylic acids is 2. The van der Waals surface area contributed by atoms with Crippen molar-refractivity contribution in [3.05, 3.63) is 0 Å². The van der Waals surface area contributed by atoms with Crippen molar-refractivity contribution in [2.75, 3.05) is 27.2 Å². The zero-order chi connectivity index (χ0) is 15.9. The number of amides is 2. The molecule has 0 radical (unpaired) electrons. The number of hydrogen-bond donors (Lipinski definition) is 1. The molecule has 0 aliphatic rings. The normalized spacial score (nSPS) is 10.8. The highest BCUT2D eigenvalue weighted by Gasteiger charge is 2.29. The van der Waals surface area contributed by atoms with Gasteiger partial charge in [-0.1, -0.05) is 0 Å². The van der Waals surface area contributed by atoms with Crippen LogP contribution in [-0.2, 0) is 14.3 Å². The summed E-state index contributed by atoms with van der Waals surface area (Å²) in [6, 6.07) is -0.303. The second-order valence-corrected chi connectivity index (χ2v) is 5.50. The fourth-order valence-corrected chi connectivity index (χ4v) is 1.59. The maximum Gasteiger partial charge on any atom is 0.320 e. The molecular weight excluding hydrogens is 264 g/mol. The number of carboxylic acids is 1. The van der Waals surface area contributed by atoms with Gasteiger partial charge >= 0.3 is 18.0 Å². The molecule has 0 saturated heterocycles. The van der Waals surface area contributed by atoms with Crippen LogP contribution in [0.1, 0.15) is 33.6 Å². The minimum absolute atomic E-state index is 0.107. The highest BCUT2D eigenvalue weighted by molar-refractivity contribution is 5.77. The van der Waals surface area contributed by atoms with Gasteiger partial charge in [0, 0.05) is 25.7 Å². The Morgan fingerprint density at radius 1 is 1.10 bits per heavy atom. The molecule has 0 atom stereocenters. The first-order valence-corrected chi connectivity index (χ1v) is 6.41. The lowest BCUT2D eigenvalue weighted by Crippen LogP contribution is -2.51. The molecule has 0 spiro atoms. The van der Waals surface area contributed by atoms with Crippen molar-refractivity contribution in [1.29, 1.82) is 0 Å². The van der Waals surface area contributed by atoms with Crippen LogP contribution in [0.5, 0.6) is 0 Å². The van der Waals surface area contributed by atoms with E-state index in [1.807, 2.05) is 20.8 Å². The van der Waals surface area contributed by atoms with E-state index in [1.165, 1.54) is 16.9 Å². The summed E-state index contributed by atoms with van der Waals surface area (Å²) in [5, 5.41) is 8.74. The second kappa shape index (κ2) is 7.72. The highest BCUT2D eigenvalue weighted by Crippen LogP contribution is 2.16. The molecular formula is C13H24N2O5. The Morgan fingerprint density at radius 2 is 1.65 bits per heavy atom. The van der Waals surface area contributed by atoms with Gasteiger partial charge in [-0.15, -0.1) is 0 Å². The lowest BCUT2D eigenvalue weighted by molar-refractivity contribution is -0.140. The van der Waals surface area contributed by atoms with Gasteiger partial charge in [0.1, 0.15) is 0 Å². The van der Waals surface area contributed by atoms with Gasteiger partial charge < -0.3 is 19.6 Å². The van der Waals surface area contributed by atoms with Gasteiger partial charge in [0.25, 0.3) is 0 Å². The summed E-state index contributed by atoms with van der Waals surface area (Å²) >= 11 is 0. The van der Waals surface area contributed by atoms with Gasteiger partial charge in [0.15, 0.2) is 0 Å². The van der Waals surface area contributed by atoms with E-state index in [0.29, 0.717) is 0 Å². The summed E-state index contributed by atoms with van der Waals surface area (Å²) in [5.41, 5.74) is -0.494. The van der Waals surface area contributed by atoms with E-state index in [0.717, 1.165) is 0 Å². The monoisotopic (exact) mass is 288 g/mol. The lowest BCUT2D eigenvalue weighted by atomic mass is 10.1. The van der Waals surface area contributed by atoms with Crippen molar-refractivity contribution < 1.29 is 24.2 Å². The molecule has 0 saturated carbocycles. The number of urea groups is 1. The first-order chi connectivity index (χ1) is 9.09. The molecule has 0 aliphatic carbocycles. The predicted molar refractivity (Wildman–Crippen MR) is 73.4 cm³/mol. The molecule has 0 aromatic heterocycles. The van der Waals surface area contributed by atoms with E-state index < -0.39 is 17.5 Å². The molecule has 0 bridgehead atoms. The van der Waals surface area contributed by atoms with Crippen molar-refractivity contribution in [2.45, 2.75) is 39.2 Å². The van der Waals surface area contributed by atoms with Crippen LogP contribution in [0, 0.1) is 0 Å². The molecule has 1 N–H and O–H groups in total. The Balaban J connectivity index is 4.68. The molecule has 7 nitrogen and oxygen atoms in total. The van der Waals surface area contributed by atoms with Crippen molar-refractivity contribution in [3.63, 3.8) is 0 Å². The zero-order valence-corrected chi connectivity index (χ0v) is 12.8. The van der Waals surface area contributed by atoms with E-state index in [9.17, 15) is 14.4 Å².